The minimum atomic E-state index is 0.421. The number of nitrogens with zero attached hydrogens (tertiary/aromatic N) is 3. The SMILES string of the molecule is CSCCN(C)c1nnc(CNC(C)C)o1. The monoisotopic (exact) mass is 244 g/mol. The maximum absolute atomic E-state index is 5.52. The standard InChI is InChI=1S/C10H20N4OS/c1-8(2)11-7-9-12-13-10(15-9)14(3)5-6-16-4/h8,11H,5-7H2,1-4H3. The molecule has 0 aliphatic carbocycles. The summed E-state index contributed by atoms with van der Waals surface area (Å²) in [6.45, 7) is 5.71. The van der Waals surface area contributed by atoms with E-state index in [1.165, 1.54) is 0 Å². The van der Waals surface area contributed by atoms with E-state index in [4.69, 9.17) is 4.42 Å². The molecule has 0 saturated heterocycles. The largest absolute Gasteiger partial charge is 0.407 e. The van der Waals surface area contributed by atoms with Gasteiger partial charge < -0.3 is 14.6 Å². The Morgan fingerprint density at radius 1 is 1.44 bits per heavy atom. The molecule has 1 heterocycles. The van der Waals surface area contributed by atoms with Crippen molar-refractivity contribution in [3.05, 3.63) is 5.89 Å². The maximum Gasteiger partial charge on any atom is 0.317 e. The topological polar surface area (TPSA) is 54.2 Å². The van der Waals surface area contributed by atoms with Crippen molar-refractivity contribution in [2.75, 3.05) is 30.5 Å². The summed E-state index contributed by atoms with van der Waals surface area (Å²) < 4.78 is 5.52. The van der Waals surface area contributed by atoms with Crippen LogP contribution in [0.5, 0.6) is 0 Å². The van der Waals surface area contributed by atoms with E-state index < -0.39 is 0 Å². The van der Waals surface area contributed by atoms with Crippen LogP contribution in [0, 0.1) is 0 Å². The van der Waals surface area contributed by atoms with Crippen molar-refractivity contribution >= 4 is 17.8 Å². The second-order valence-electron chi connectivity index (χ2n) is 3.93. The Hall–Kier alpha value is -0.750. The molecule has 5 nitrogen and oxygen atoms in total. The van der Waals surface area contributed by atoms with Crippen LogP contribution >= 0.6 is 11.8 Å². The fourth-order valence-electron chi connectivity index (χ4n) is 1.09. The molecule has 6 heteroatoms. The lowest BCUT2D eigenvalue weighted by Gasteiger charge is -2.12. The Kier molecular flexibility index (Phi) is 5.62. The van der Waals surface area contributed by atoms with Gasteiger partial charge >= 0.3 is 6.01 Å². The lowest BCUT2D eigenvalue weighted by molar-refractivity contribution is 0.451. The van der Waals surface area contributed by atoms with E-state index in [0.29, 0.717) is 24.5 Å². The summed E-state index contributed by atoms with van der Waals surface area (Å²) in [6, 6.07) is 1.01. The molecule has 0 aliphatic rings. The van der Waals surface area contributed by atoms with Crippen LogP contribution in [0.4, 0.5) is 6.01 Å². The first-order chi connectivity index (χ1) is 7.63. The van der Waals surface area contributed by atoms with Crippen molar-refractivity contribution in [2.24, 2.45) is 0 Å². The number of nitrogens with one attached hydrogen (secondary N) is 1. The molecule has 0 saturated carbocycles. The molecule has 1 aromatic rings. The zero-order valence-corrected chi connectivity index (χ0v) is 11.2. The van der Waals surface area contributed by atoms with E-state index in [1.807, 2.05) is 11.9 Å². The van der Waals surface area contributed by atoms with Crippen molar-refractivity contribution < 1.29 is 4.42 Å². The van der Waals surface area contributed by atoms with E-state index in [2.05, 4.69) is 35.6 Å². The van der Waals surface area contributed by atoms with E-state index in [9.17, 15) is 0 Å². The smallest absolute Gasteiger partial charge is 0.317 e. The quantitative estimate of drug-likeness (QED) is 0.782. The van der Waals surface area contributed by atoms with Gasteiger partial charge in [0.25, 0.3) is 0 Å². The third-order valence-corrected chi connectivity index (χ3v) is 2.67. The molecule has 0 amide bonds. The van der Waals surface area contributed by atoms with Crippen molar-refractivity contribution in [2.45, 2.75) is 26.4 Å². The fourth-order valence-corrected chi connectivity index (χ4v) is 1.54. The minimum Gasteiger partial charge on any atom is -0.407 e. The van der Waals surface area contributed by atoms with Crippen LogP contribution in [0.3, 0.4) is 0 Å². The van der Waals surface area contributed by atoms with Gasteiger partial charge in [-0.15, -0.1) is 5.10 Å². The van der Waals surface area contributed by atoms with Gasteiger partial charge in [-0.3, -0.25) is 0 Å². The molecule has 0 bridgehead atoms. The van der Waals surface area contributed by atoms with Crippen LogP contribution < -0.4 is 10.2 Å². The summed E-state index contributed by atoms with van der Waals surface area (Å²) in [5, 5.41) is 11.2. The highest BCUT2D eigenvalue weighted by Gasteiger charge is 2.10. The van der Waals surface area contributed by atoms with Gasteiger partial charge in [-0.2, -0.15) is 11.8 Å². The van der Waals surface area contributed by atoms with Crippen LogP contribution in [0.15, 0.2) is 4.42 Å². The third-order valence-electron chi connectivity index (χ3n) is 2.08. The zero-order chi connectivity index (χ0) is 12.0. The number of thioether (sulfide) groups is 1. The average Bonchev–Trinajstić information content (AvgIpc) is 2.71. The molecule has 1 N–H and O–H groups in total. The van der Waals surface area contributed by atoms with Gasteiger partial charge in [-0.05, 0) is 6.26 Å². The van der Waals surface area contributed by atoms with Gasteiger partial charge in [-0.1, -0.05) is 18.9 Å². The van der Waals surface area contributed by atoms with Crippen LogP contribution in [0.1, 0.15) is 19.7 Å². The first-order valence-corrected chi connectivity index (χ1v) is 6.78. The molecule has 0 aliphatic heterocycles. The predicted octanol–water partition coefficient (Wildman–Crippen LogP) is 1.37. The Morgan fingerprint density at radius 2 is 2.19 bits per heavy atom. The number of hydrogen-bond donors (Lipinski definition) is 1. The fraction of sp³-hybridized carbons (Fsp3) is 0.800. The third kappa shape index (κ3) is 4.40. The van der Waals surface area contributed by atoms with Crippen molar-refractivity contribution in [1.29, 1.82) is 0 Å². The molecule has 0 radical (unpaired) electrons. The van der Waals surface area contributed by atoms with Crippen molar-refractivity contribution in [3.8, 4) is 0 Å². The molecule has 0 fully saturated rings. The lowest BCUT2D eigenvalue weighted by atomic mass is 10.4. The molecule has 0 unspecified atom stereocenters. The second-order valence-corrected chi connectivity index (χ2v) is 4.91. The molecule has 1 rings (SSSR count). The first-order valence-electron chi connectivity index (χ1n) is 5.39. The Bertz CT molecular complexity index is 303. The van der Waals surface area contributed by atoms with E-state index >= 15 is 0 Å². The number of anilines is 1. The molecule has 0 aromatic carbocycles. The van der Waals surface area contributed by atoms with Crippen LogP contribution in [-0.2, 0) is 6.54 Å². The Balaban J connectivity index is 2.43. The zero-order valence-electron chi connectivity index (χ0n) is 10.4. The van der Waals surface area contributed by atoms with Crippen LogP contribution in [0.2, 0.25) is 0 Å². The molecule has 92 valence electrons. The molecule has 1 aromatic heterocycles. The molecular weight excluding hydrogens is 224 g/mol. The Labute approximate surface area is 101 Å². The van der Waals surface area contributed by atoms with Crippen molar-refractivity contribution in [3.63, 3.8) is 0 Å². The van der Waals surface area contributed by atoms with Gasteiger partial charge in [0, 0.05) is 25.4 Å². The van der Waals surface area contributed by atoms with Gasteiger partial charge in [0.15, 0.2) is 0 Å². The minimum absolute atomic E-state index is 0.421. The molecule has 16 heavy (non-hydrogen) atoms. The normalized spacial score (nSPS) is 11.1. The molecule has 0 atom stereocenters. The summed E-state index contributed by atoms with van der Waals surface area (Å²) in [6.07, 6.45) is 2.08. The summed E-state index contributed by atoms with van der Waals surface area (Å²) in [5.41, 5.74) is 0. The van der Waals surface area contributed by atoms with E-state index in [1.54, 1.807) is 11.8 Å². The number of aromatic nitrogens is 2. The van der Waals surface area contributed by atoms with E-state index in [-0.39, 0.29) is 0 Å². The highest BCUT2D eigenvalue weighted by atomic mass is 32.2. The number of rotatable bonds is 7. The first kappa shape index (κ1) is 13.3. The second kappa shape index (κ2) is 6.75. The van der Waals surface area contributed by atoms with Gasteiger partial charge in [0.1, 0.15) is 0 Å². The maximum atomic E-state index is 5.52. The highest BCUT2D eigenvalue weighted by molar-refractivity contribution is 7.98. The molecular formula is C10H20N4OS. The molecule has 0 spiro atoms. The average molecular weight is 244 g/mol. The van der Waals surface area contributed by atoms with Crippen molar-refractivity contribution in [1.82, 2.24) is 15.5 Å². The summed E-state index contributed by atoms with van der Waals surface area (Å²) in [7, 11) is 1.96. The Morgan fingerprint density at radius 3 is 2.81 bits per heavy atom. The van der Waals surface area contributed by atoms with Crippen LogP contribution in [-0.4, -0.2) is 41.8 Å². The highest BCUT2D eigenvalue weighted by Crippen LogP contribution is 2.10. The summed E-state index contributed by atoms with van der Waals surface area (Å²) in [5.74, 6) is 1.69. The predicted molar refractivity (Wildman–Crippen MR) is 67.9 cm³/mol. The van der Waals surface area contributed by atoms with Gasteiger partial charge in [0.2, 0.25) is 5.89 Å². The number of hydrogen-bond acceptors (Lipinski definition) is 6. The lowest BCUT2D eigenvalue weighted by Crippen LogP contribution is -2.22. The summed E-state index contributed by atoms with van der Waals surface area (Å²) >= 11 is 1.80. The van der Waals surface area contributed by atoms with Crippen LogP contribution in [0.25, 0.3) is 0 Å². The van der Waals surface area contributed by atoms with Gasteiger partial charge in [0.05, 0.1) is 6.54 Å². The van der Waals surface area contributed by atoms with Gasteiger partial charge in [-0.25, -0.2) is 0 Å². The summed E-state index contributed by atoms with van der Waals surface area (Å²) in [4.78, 5) is 1.97. The van der Waals surface area contributed by atoms with E-state index in [0.717, 1.165) is 12.3 Å².